The summed E-state index contributed by atoms with van der Waals surface area (Å²) in [7, 11) is 0. The predicted octanol–water partition coefficient (Wildman–Crippen LogP) is 2.46. The van der Waals surface area contributed by atoms with Crippen LogP contribution < -0.4 is 5.32 Å². The van der Waals surface area contributed by atoms with Crippen molar-refractivity contribution < 1.29 is 0 Å². The highest BCUT2D eigenvalue weighted by atomic mass is 32.1. The number of hydrogen-bond donors (Lipinski definition) is 1. The van der Waals surface area contributed by atoms with Crippen LogP contribution in [0.4, 0.5) is 0 Å². The molecule has 1 heterocycles. The number of nitrogens with one attached hydrogen (secondary N) is 1. The van der Waals surface area contributed by atoms with E-state index in [1.165, 1.54) is 24.3 Å². The summed E-state index contributed by atoms with van der Waals surface area (Å²) in [5, 5.41) is 6.91. The molecule has 2 rings (SSSR count). The van der Waals surface area contributed by atoms with E-state index in [0.717, 1.165) is 6.54 Å². The lowest BCUT2D eigenvalue weighted by molar-refractivity contribution is 0.355. The van der Waals surface area contributed by atoms with Crippen molar-refractivity contribution in [3.63, 3.8) is 0 Å². The minimum atomic E-state index is 0.522. The molecule has 1 aliphatic rings. The van der Waals surface area contributed by atoms with Crippen molar-refractivity contribution in [3.05, 3.63) is 16.6 Å². The van der Waals surface area contributed by atoms with Gasteiger partial charge < -0.3 is 5.32 Å². The van der Waals surface area contributed by atoms with Crippen molar-refractivity contribution in [1.29, 1.82) is 0 Å². The summed E-state index contributed by atoms with van der Waals surface area (Å²) < 4.78 is 0. The molecule has 3 heteroatoms. The third-order valence-corrected chi connectivity index (χ3v) is 4.09. The van der Waals surface area contributed by atoms with E-state index in [9.17, 15) is 0 Å². The molecule has 1 aromatic heterocycles. The van der Waals surface area contributed by atoms with Crippen LogP contribution in [0.1, 0.15) is 31.7 Å². The summed E-state index contributed by atoms with van der Waals surface area (Å²) >= 11 is 1.79. The Morgan fingerprint density at radius 1 is 1.64 bits per heavy atom. The van der Waals surface area contributed by atoms with E-state index in [2.05, 4.69) is 29.5 Å². The number of thiazole rings is 1. The standard InChI is InChI=1S/C11H18N2S/c1-3-12-9(2)11(4-5-11)8-10-13-6-7-14-10/h6-7,9,12H,3-5,8H2,1-2H3. The van der Waals surface area contributed by atoms with E-state index >= 15 is 0 Å². The Kier molecular flexibility index (Phi) is 2.88. The lowest BCUT2D eigenvalue weighted by Crippen LogP contribution is -2.35. The fourth-order valence-corrected chi connectivity index (χ4v) is 2.86. The monoisotopic (exact) mass is 210 g/mol. The highest BCUT2D eigenvalue weighted by Gasteiger charge is 2.47. The number of rotatable bonds is 5. The van der Waals surface area contributed by atoms with Gasteiger partial charge in [-0.15, -0.1) is 11.3 Å². The molecule has 1 unspecified atom stereocenters. The molecule has 0 aliphatic heterocycles. The van der Waals surface area contributed by atoms with Gasteiger partial charge in [0.25, 0.3) is 0 Å². The Morgan fingerprint density at radius 2 is 2.43 bits per heavy atom. The van der Waals surface area contributed by atoms with Gasteiger partial charge in [0.2, 0.25) is 0 Å². The lowest BCUT2D eigenvalue weighted by Gasteiger charge is -2.23. The molecule has 1 fully saturated rings. The van der Waals surface area contributed by atoms with Crippen LogP contribution in [-0.2, 0) is 6.42 Å². The fraction of sp³-hybridized carbons (Fsp3) is 0.727. The molecule has 0 bridgehead atoms. The molecule has 78 valence electrons. The molecule has 0 radical (unpaired) electrons. The van der Waals surface area contributed by atoms with Gasteiger partial charge in [0.1, 0.15) is 0 Å². The molecular weight excluding hydrogens is 192 g/mol. The van der Waals surface area contributed by atoms with Crippen LogP contribution in [0.2, 0.25) is 0 Å². The first-order valence-electron chi connectivity index (χ1n) is 5.38. The van der Waals surface area contributed by atoms with E-state index in [1.807, 2.05) is 6.20 Å². The first-order valence-corrected chi connectivity index (χ1v) is 6.26. The Bertz CT molecular complexity index is 277. The van der Waals surface area contributed by atoms with Crippen molar-refractivity contribution in [2.75, 3.05) is 6.54 Å². The van der Waals surface area contributed by atoms with Crippen molar-refractivity contribution in [1.82, 2.24) is 10.3 Å². The van der Waals surface area contributed by atoms with Gasteiger partial charge in [0, 0.05) is 24.0 Å². The van der Waals surface area contributed by atoms with E-state index < -0.39 is 0 Å². The van der Waals surface area contributed by atoms with Crippen LogP contribution in [0, 0.1) is 5.41 Å². The Hall–Kier alpha value is -0.410. The van der Waals surface area contributed by atoms with Gasteiger partial charge in [-0.05, 0) is 31.7 Å². The summed E-state index contributed by atoms with van der Waals surface area (Å²) in [6.07, 6.45) is 5.80. The van der Waals surface area contributed by atoms with Crippen LogP contribution in [0.5, 0.6) is 0 Å². The third-order valence-electron chi connectivity index (χ3n) is 3.31. The predicted molar refractivity (Wildman–Crippen MR) is 60.6 cm³/mol. The van der Waals surface area contributed by atoms with Gasteiger partial charge in [0.15, 0.2) is 0 Å². The van der Waals surface area contributed by atoms with E-state index in [-0.39, 0.29) is 0 Å². The normalized spacial score (nSPS) is 20.7. The Morgan fingerprint density at radius 3 is 2.93 bits per heavy atom. The largest absolute Gasteiger partial charge is 0.314 e. The smallest absolute Gasteiger partial charge is 0.0930 e. The second kappa shape index (κ2) is 3.99. The second-order valence-electron chi connectivity index (χ2n) is 4.24. The summed E-state index contributed by atoms with van der Waals surface area (Å²) in [6.45, 7) is 5.56. The first kappa shape index (κ1) is 10.1. The first-order chi connectivity index (χ1) is 6.77. The third kappa shape index (κ3) is 1.98. The van der Waals surface area contributed by atoms with Crippen LogP contribution in [-0.4, -0.2) is 17.6 Å². The van der Waals surface area contributed by atoms with Gasteiger partial charge in [0.05, 0.1) is 5.01 Å². The van der Waals surface area contributed by atoms with E-state index in [4.69, 9.17) is 0 Å². The summed E-state index contributed by atoms with van der Waals surface area (Å²) in [6, 6.07) is 0.636. The van der Waals surface area contributed by atoms with Gasteiger partial charge in [-0.25, -0.2) is 4.98 Å². The summed E-state index contributed by atoms with van der Waals surface area (Å²) in [5.74, 6) is 0. The van der Waals surface area contributed by atoms with Crippen LogP contribution >= 0.6 is 11.3 Å². The lowest BCUT2D eigenvalue weighted by atomic mass is 9.94. The van der Waals surface area contributed by atoms with Gasteiger partial charge in [-0.3, -0.25) is 0 Å². The quantitative estimate of drug-likeness (QED) is 0.807. The molecule has 1 aliphatic carbocycles. The molecule has 1 saturated carbocycles. The van der Waals surface area contributed by atoms with Crippen molar-refractivity contribution in [3.8, 4) is 0 Å². The summed E-state index contributed by atoms with van der Waals surface area (Å²) in [5.41, 5.74) is 0.522. The molecular formula is C11H18N2S. The minimum Gasteiger partial charge on any atom is -0.314 e. The molecule has 14 heavy (non-hydrogen) atoms. The average molecular weight is 210 g/mol. The number of hydrogen-bond acceptors (Lipinski definition) is 3. The molecule has 1 N–H and O–H groups in total. The molecule has 0 spiro atoms. The van der Waals surface area contributed by atoms with Gasteiger partial charge in [-0.1, -0.05) is 6.92 Å². The number of aromatic nitrogens is 1. The Balaban J connectivity index is 1.96. The van der Waals surface area contributed by atoms with Crippen LogP contribution in [0.25, 0.3) is 0 Å². The second-order valence-corrected chi connectivity index (χ2v) is 5.22. The van der Waals surface area contributed by atoms with Crippen LogP contribution in [0.3, 0.4) is 0 Å². The zero-order valence-electron chi connectivity index (χ0n) is 8.92. The molecule has 1 aromatic rings. The fourth-order valence-electron chi connectivity index (χ4n) is 2.09. The highest BCUT2D eigenvalue weighted by Crippen LogP contribution is 2.51. The van der Waals surface area contributed by atoms with Gasteiger partial charge in [-0.2, -0.15) is 0 Å². The molecule has 2 nitrogen and oxygen atoms in total. The van der Waals surface area contributed by atoms with Crippen molar-refractivity contribution in [2.24, 2.45) is 5.41 Å². The SMILES string of the molecule is CCNC(C)C1(Cc2nccs2)CC1. The maximum absolute atomic E-state index is 4.37. The highest BCUT2D eigenvalue weighted by molar-refractivity contribution is 7.09. The van der Waals surface area contributed by atoms with Crippen LogP contribution in [0.15, 0.2) is 11.6 Å². The number of nitrogens with zero attached hydrogens (tertiary/aromatic N) is 1. The van der Waals surface area contributed by atoms with E-state index in [1.54, 1.807) is 11.3 Å². The maximum atomic E-state index is 4.37. The average Bonchev–Trinajstić information content (AvgIpc) is 2.75. The zero-order chi connectivity index (χ0) is 10.0. The van der Waals surface area contributed by atoms with E-state index in [0.29, 0.717) is 11.5 Å². The maximum Gasteiger partial charge on any atom is 0.0930 e. The molecule has 0 saturated heterocycles. The molecule has 1 atom stereocenters. The van der Waals surface area contributed by atoms with Gasteiger partial charge >= 0.3 is 0 Å². The Labute approximate surface area is 89.8 Å². The molecule has 0 aromatic carbocycles. The zero-order valence-corrected chi connectivity index (χ0v) is 9.73. The minimum absolute atomic E-state index is 0.522. The van der Waals surface area contributed by atoms with Crippen molar-refractivity contribution >= 4 is 11.3 Å². The van der Waals surface area contributed by atoms with Crippen molar-refractivity contribution in [2.45, 2.75) is 39.2 Å². The topological polar surface area (TPSA) is 24.9 Å². The summed E-state index contributed by atoms with van der Waals surface area (Å²) in [4.78, 5) is 4.37. The molecule has 0 amide bonds.